The van der Waals surface area contributed by atoms with Crippen molar-refractivity contribution < 1.29 is 17.4 Å². The highest BCUT2D eigenvalue weighted by Crippen LogP contribution is 2.31. The van der Waals surface area contributed by atoms with Gasteiger partial charge in [0.05, 0.1) is 6.54 Å². The van der Waals surface area contributed by atoms with E-state index in [1.807, 2.05) is 6.20 Å². The third-order valence-corrected chi connectivity index (χ3v) is 6.00. The van der Waals surface area contributed by atoms with Gasteiger partial charge in [0.25, 0.3) is 0 Å². The second-order valence-corrected chi connectivity index (χ2v) is 8.54. The molecule has 0 spiro atoms. The number of aromatic nitrogens is 2. The fourth-order valence-corrected chi connectivity index (χ4v) is 4.34. The Morgan fingerprint density at radius 3 is 2.77 bits per heavy atom. The minimum atomic E-state index is -4.29. The average Bonchev–Trinajstić information content (AvgIpc) is 3.11. The largest absolute Gasteiger partial charge is 0.446 e. The lowest BCUT2D eigenvalue weighted by molar-refractivity contribution is 0.216. The molecule has 7 nitrogen and oxygen atoms in total. The van der Waals surface area contributed by atoms with Crippen LogP contribution < -0.4 is 0 Å². The molecule has 1 fully saturated rings. The molecule has 0 saturated heterocycles. The zero-order valence-corrected chi connectivity index (χ0v) is 15.4. The Bertz CT molecular complexity index is 888. The summed E-state index contributed by atoms with van der Waals surface area (Å²) in [5.74, 6) is 2.02. The molecule has 0 radical (unpaired) electrons. The van der Waals surface area contributed by atoms with Gasteiger partial charge in [-0.15, -0.1) is 0 Å². The van der Waals surface area contributed by atoms with Crippen molar-refractivity contribution in [2.24, 2.45) is 0 Å². The van der Waals surface area contributed by atoms with Crippen LogP contribution in [0.15, 0.2) is 27.8 Å². The number of hydrogen-bond donors (Lipinski definition) is 1. The minimum absolute atomic E-state index is 0.412. The van der Waals surface area contributed by atoms with Crippen molar-refractivity contribution in [3.05, 3.63) is 41.2 Å². The highest BCUT2D eigenvalue weighted by molar-refractivity contribution is 7.85. The smallest absolute Gasteiger partial charge is 0.328 e. The van der Waals surface area contributed by atoms with Crippen molar-refractivity contribution >= 4 is 10.1 Å². The van der Waals surface area contributed by atoms with E-state index >= 15 is 0 Å². The molecule has 3 heterocycles. The lowest BCUT2D eigenvalue weighted by atomic mass is 9.88. The zero-order valence-electron chi connectivity index (χ0n) is 14.6. The maximum atomic E-state index is 11.1. The standard InChI is InChI=1S/C18H23N3O4S/c22-26(23,24)17-7-6-15(25-17)12-21-9-8-16-14(11-21)10-19-18(20-16)13-4-2-1-3-5-13/h6-7,10,13H,1-5,8-9,11-12H2,(H,22,23,24). The molecular formula is C18H23N3O4S. The first-order valence-electron chi connectivity index (χ1n) is 9.12. The van der Waals surface area contributed by atoms with Crippen LogP contribution in [0.2, 0.25) is 0 Å². The number of furan rings is 1. The molecule has 8 heteroatoms. The number of fused-ring (bicyclic) bond motifs is 1. The number of nitrogens with zero attached hydrogens (tertiary/aromatic N) is 3. The van der Waals surface area contributed by atoms with Gasteiger partial charge in [-0.2, -0.15) is 8.42 Å². The van der Waals surface area contributed by atoms with Gasteiger partial charge in [0, 0.05) is 42.9 Å². The minimum Gasteiger partial charge on any atom is -0.446 e. The Hall–Kier alpha value is -1.77. The van der Waals surface area contributed by atoms with E-state index in [1.54, 1.807) is 6.07 Å². The molecule has 1 aliphatic carbocycles. The third kappa shape index (κ3) is 3.82. The van der Waals surface area contributed by atoms with Gasteiger partial charge < -0.3 is 4.42 Å². The number of hydrogen-bond acceptors (Lipinski definition) is 6. The molecule has 0 amide bonds. The fraction of sp³-hybridized carbons (Fsp3) is 0.556. The maximum Gasteiger partial charge on any atom is 0.328 e. The number of rotatable bonds is 4. The molecule has 2 aromatic rings. The van der Waals surface area contributed by atoms with Crippen LogP contribution in [-0.4, -0.2) is 34.4 Å². The van der Waals surface area contributed by atoms with E-state index in [1.165, 1.54) is 38.2 Å². The van der Waals surface area contributed by atoms with E-state index in [9.17, 15) is 8.42 Å². The Labute approximate surface area is 153 Å². The van der Waals surface area contributed by atoms with Crippen LogP contribution in [0, 0.1) is 0 Å². The van der Waals surface area contributed by atoms with Crippen molar-refractivity contribution in [3.63, 3.8) is 0 Å². The highest BCUT2D eigenvalue weighted by atomic mass is 32.2. The van der Waals surface area contributed by atoms with Gasteiger partial charge in [-0.05, 0) is 25.0 Å². The second kappa shape index (κ2) is 7.09. The van der Waals surface area contributed by atoms with Gasteiger partial charge in [0.2, 0.25) is 5.09 Å². The normalized spacial score (nSPS) is 19.4. The lowest BCUT2D eigenvalue weighted by Crippen LogP contribution is -2.31. The SMILES string of the molecule is O=S(=O)(O)c1ccc(CN2CCc3nc(C4CCCCC4)ncc3C2)o1. The molecule has 0 atom stereocenters. The topological polar surface area (TPSA) is 96.5 Å². The summed E-state index contributed by atoms with van der Waals surface area (Å²) >= 11 is 0. The first kappa shape index (κ1) is 17.6. The Kier molecular flexibility index (Phi) is 4.81. The second-order valence-electron chi connectivity index (χ2n) is 7.19. The van der Waals surface area contributed by atoms with Crippen LogP contribution in [0.4, 0.5) is 0 Å². The summed E-state index contributed by atoms with van der Waals surface area (Å²) in [6.45, 7) is 2.03. The molecule has 1 aliphatic heterocycles. The highest BCUT2D eigenvalue weighted by Gasteiger charge is 2.23. The van der Waals surface area contributed by atoms with Crippen LogP contribution in [0.25, 0.3) is 0 Å². The Morgan fingerprint density at radius 2 is 2.04 bits per heavy atom. The van der Waals surface area contributed by atoms with E-state index in [-0.39, 0.29) is 0 Å². The molecule has 2 aromatic heterocycles. The Balaban J connectivity index is 1.44. The molecule has 0 bridgehead atoms. The molecule has 0 unspecified atom stereocenters. The summed E-state index contributed by atoms with van der Waals surface area (Å²) in [6.07, 6.45) is 9.05. The van der Waals surface area contributed by atoms with E-state index in [0.29, 0.717) is 24.8 Å². The van der Waals surface area contributed by atoms with E-state index in [4.69, 9.17) is 14.0 Å². The van der Waals surface area contributed by atoms with E-state index < -0.39 is 15.2 Å². The monoisotopic (exact) mass is 377 g/mol. The maximum absolute atomic E-state index is 11.1. The van der Waals surface area contributed by atoms with Crippen molar-refractivity contribution in [1.82, 2.24) is 14.9 Å². The van der Waals surface area contributed by atoms with Gasteiger partial charge in [0.1, 0.15) is 11.6 Å². The van der Waals surface area contributed by atoms with Gasteiger partial charge in [0.15, 0.2) is 0 Å². The first-order chi connectivity index (χ1) is 12.5. The fourth-order valence-electron chi connectivity index (χ4n) is 3.88. The van der Waals surface area contributed by atoms with Gasteiger partial charge in [-0.3, -0.25) is 9.45 Å². The first-order valence-corrected chi connectivity index (χ1v) is 10.6. The molecular weight excluding hydrogens is 354 g/mol. The van der Waals surface area contributed by atoms with Crippen molar-refractivity contribution in [2.75, 3.05) is 6.54 Å². The molecule has 0 aromatic carbocycles. The van der Waals surface area contributed by atoms with Crippen molar-refractivity contribution in [1.29, 1.82) is 0 Å². The zero-order chi connectivity index (χ0) is 18.1. The van der Waals surface area contributed by atoms with Crippen LogP contribution >= 0.6 is 0 Å². The van der Waals surface area contributed by atoms with E-state index in [0.717, 1.165) is 30.0 Å². The molecule has 1 N–H and O–H groups in total. The van der Waals surface area contributed by atoms with Gasteiger partial charge >= 0.3 is 10.1 Å². The quantitative estimate of drug-likeness (QED) is 0.818. The summed E-state index contributed by atoms with van der Waals surface area (Å²) < 4.78 is 36.4. The molecule has 26 heavy (non-hydrogen) atoms. The van der Waals surface area contributed by atoms with Crippen LogP contribution in [0.3, 0.4) is 0 Å². The third-order valence-electron chi connectivity index (χ3n) is 5.27. The molecule has 140 valence electrons. The Morgan fingerprint density at radius 1 is 1.23 bits per heavy atom. The summed E-state index contributed by atoms with van der Waals surface area (Å²) in [6, 6.07) is 2.86. The van der Waals surface area contributed by atoms with E-state index in [2.05, 4.69) is 9.88 Å². The lowest BCUT2D eigenvalue weighted by Gasteiger charge is -2.28. The summed E-state index contributed by atoms with van der Waals surface area (Å²) in [5.41, 5.74) is 2.26. The van der Waals surface area contributed by atoms with Crippen LogP contribution in [0.5, 0.6) is 0 Å². The molecule has 4 rings (SSSR count). The summed E-state index contributed by atoms with van der Waals surface area (Å²) in [5, 5.41) is -0.412. The predicted molar refractivity (Wildman–Crippen MR) is 94.2 cm³/mol. The predicted octanol–water partition coefficient (Wildman–Crippen LogP) is 2.92. The van der Waals surface area contributed by atoms with Gasteiger partial charge in [-0.1, -0.05) is 19.3 Å². The van der Waals surface area contributed by atoms with Crippen LogP contribution in [-0.2, 0) is 29.6 Å². The van der Waals surface area contributed by atoms with Crippen LogP contribution in [0.1, 0.15) is 60.9 Å². The van der Waals surface area contributed by atoms with Crippen molar-refractivity contribution in [2.45, 2.75) is 62.6 Å². The average molecular weight is 377 g/mol. The van der Waals surface area contributed by atoms with Gasteiger partial charge in [-0.25, -0.2) is 9.97 Å². The summed E-state index contributed by atoms with van der Waals surface area (Å²) in [7, 11) is -4.29. The molecule has 2 aliphatic rings. The van der Waals surface area contributed by atoms with Crippen molar-refractivity contribution in [3.8, 4) is 0 Å². The molecule has 1 saturated carbocycles. The summed E-state index contributed by atoms with van der Waals surface area (Å²) in [4.78, 5) is 11.6.